The molecule has 39 heavy (non-hydrogen) atoms. The van der Waals surface area contributed by atoms with Gasteiger partial charge in [0.1, 0.15) is 23.0 Å². The number of aryl methyl sites for hydroxylation is 1. The second kappa shape index (κ2) is 10.8. The third-order valence-corrected chi connectivity index (χ3v) is 7.29. The zero-order chi connectivity index (χ0) is 26.2. The molecule has 9 nitrogen and oxygen atoms in total. The molecule has 0 radical (unpaired) electrons. The van der Waals surface area contributed by atoms with E-state index in [1.54, 1.807) is 13.2 Å². The minimum absolute atomic E-state index is 0. The SMILES string of the molecule is Cl.Cn1c(=O)n(Cc2nccc3ccccc23)c(=O)c2c1c(C#N)c(N1CCNCC1)n2Cc1ccccc1. The fourth-order valence-electron chi connectivity index (χ4n) is 5.45. The fourth-order valence-corrected chi connectivity index (χ4v) is 5.45. The number of anilines is 1. The van der Waals surface area contributed by atoms with Crippen LogP contribution >= 0.6 is 12.4 Å². The number of benzene rings is 2. The van der Waals surface area contributed by atoms with Gasteiger partial charge < -0.3 is 14.8 Å². The van der Waals surface area contributed by atoms with Crippen LogP contribution in [0.25, 0.3) is 21.8 Å². The molecular weight excluding hydrogens is 514 g/mol. The van der Waals surface area contributed by atoms with Gasteiger partial charge in [-0.25, -0.2) is 4.79 Å². The lowest BCUT2D eigenvalue weighted by Crippen LogP contribution is -2.44. The molecule has 0 aliphatic carbocycles. The van der Waals surface area contributed by atoms with Gasteiger partial charge in [-0.2, -0.15) is 5.26 Å². The Hall–Kier alpha value is -4.39. The fraction of sp³-hybridized carbons (Fsp3) is 0.241. The number of hydrogen-bond donors (Lipinski definition) is 1. The summed E-state index contributed by atoms with van der Waals surface area (Å²) in [4.78, 5) is 34.5. The summed E-state index contributed by atoms with van der Waals surface area (Å²) in [5.74, 6) is 0.681. The molecule has 3 aromatic heterocycles. The van der Waals surface area contributed by atoms with E-state index >= 15 is 0 Å². The highest BCUT2D eigenvalue weighted by atomic mass is 35.5. The van der Waals surface area contributed by atoms with Gasteiger partial charge in [0.15, 0.2) is 0 Å². The Morgan fingerprint density at radius 2 is 1.64 bits per heavy atom. The number of nitrogens with zero attached hydrogens (tertiary/aromatic N) is 6. The molecule has 2 aromatic carbocycles. The van der Waals surface area contributed by atoms with Crippen LogP contribution in [0.4, 0.5) is 5.82 Å². The molecule has 10 heteroatoms. The third-order valence-electron chi connectivity index (χ3n) is 7.29. The molecule has 0 atom stereocenters. The normalized spacial score (nSPS) is 13.4. The Kier molecular flexibility index (Phi) is 7.24. The molecule has 0 spiro atoms. The number of aromatic nitrogens is 4. The summed E-state index contributed by atoms with van der Waals surface area (Å²) in [6, 6.07) is 21.9. The highest BCUT2D eigenvalue weighted by molar-refractivity contribution is 5.90. The van der Waals surface area contributed by atoms with Crippen molar-refractivity contribution in [3.05, 3.63) is 105 Å². The maximum absolute atomic E-state index is 14.2. The highest BCUT2D eigenvalue weighted by Gasteiger charge is 2.28. The number of nitrogens with one attached hydrogen (secondary N) is 1. The first-order valence-corrected chi connectivity index (χ1v) is 12.7. The number of halogens is 1. The number of hydrogen-bond acceptors (Lipinski definition) is 6. The Balaban J connectivity index is 0.00000308. The van der Waals surface area contributed by atoms with Gasteiger partial charge in [0, 0.05) is 51.4 Å². The van der Waals surface area contributed by atoms with Crippen molar-refractivity contribution >= 4 is 40.0 Å². The van der Waals surface area contributed by atoms with Crippen molar-refractivity contribution in [3.8, 4) is 6.07 Å². The van der Waals surface area contributed by atoms with Crippen molar-refractivity contribution in [2.45, 2.75) is 13.1 Å². The van der Waals surface area contributed by atoms with Crippen molar-refractivity contribution < 1.29 is 0 Å². The van der Waals surface area contributed by atoms with Crippen molar-refractivity contribution in [1.82, 2.24) is 24.0 Å². The van der Waals surface area contributed by atoms with Gasteiger partial charge in [-0.3, -0.25) is 18.9 Å². The molecule has 1 N–H and O–H groups in total. The Morgan fingerprint density at radius 3 is 2.38 bits per heavy atom. The van der Waals surface area contributed by atoms with E-state index in [1.165, 1.54) is 9.13 Å². The molecule has 1 aliphatic heterocycles. The number of pyridine rings is 1. The summed E-state index contributed by atoms with van der Waals surface area (Å²) in [5, 5.41) is 15.5. The average molecular weight is 542 g/mol. The summed E-state index contributed by atoms with van der Waals surface area (Å²) in [5.41, 5.74) is 1.82. The first-order chi connectivity index (χ1) is 18.6. The smallest absolute Gasteiger partial charge is 0.331 e. The van der Waals surface area contributed by atoms with Gasteiger partial charge in [0.25, 0.3) is 5.56 Å². The molecule has 1 aliphatic rings. The van der Waals surface area contributed by atoms with Crippen LogP contribution in [0.1, 0.15) is 16.8 Å². The highest BCUT2D eigenvalue weighted by Crippen LogP contribution is 2.31. The van der Waals surface area contributed by atoms with E-state index in [9.17, 15) is 14.9 Å². The van der Waals surface area contributed by atoms with Crippen molar-refractivity contribution in [2.24, 2.45) is 7.05 Å². The van der Waals surface area contributed by atoms with E-state index in [4.69, 9.17) is 0 Å². The zero-order valence-electron chi connectivity index (χ0n) is 21.5. The maximum atomic E-state index is 14.2. The zero-order valence-corrected chi connectivity index (χ0v) is 22.3. The van der Waals surface area contributed by atoms with Gasteiger partial charge in [0.05, 0.1) is 17.8 Å². The lowest BCUT2D eigenvalue weighted by Gasteiger charge is -2.30. The predicted molar refractivity (Wildman–Crippen MR) is 155 cm³/mol. The first-order valence-electron chi connectivity index (χ1n) is 12.7. The topological polar surface area (TPSA) is 101 Å². The predicted octanol–water partition coefficient (Wildman–Crippen LogP) is 2.85. The van der Waals surface area contributed by atoms with E-state index in [1.807, 2.05) is 65.2 Å². The van der Waals surface area contributed by atoms with E-state index < -0.39 is 11.2 Å². The van der Waals surface area contributed by atoms with Crippen molar-refractivity contribution in [1.29, 1.82) is 5.26 Å². The second-order valence-corrected chi connectivity index (χ2v) is 9.53. The van der Waals surface area contributed by atoms with Crippen molar-refractivity contribution in [2.75, 3.05) is 31.1 Å². The average Bonchev–Trinajstić information content (AvgIpc) is 3.29. The van der Waals surface area contributed by atoms with E-state index in [-0.39, 0.29) is 19.0 Å². The molecule has 5 aromatic rings. The largest absolute Gasteiger partial charge is 0.354 e. The van der Waals surface area contributed by atoms with Crippen molar-refractivity contribution in [3.63, 3.8) is 0 Å². The molecule has 0 amide bonds. The molecule has 6 rings (SSSR count). The van der Waals surface area contributed by atoms with Gasteiger partial charge in [-0.1, -0.05) is 54.6 Å². The number of piperazine rings is 1. The molecule has 1 saturated heterocycles. The monoisotopic (exact) mass is 541 g/mol. The third kappa shape index (κ3) is 4.48. The maximum Gasteiger partial charge on any atom is 0.331 e. The van der Waals surface area contributed by atoms with Crippen LogP contribution in [0.15, 0.2) is 76.4 Å². The summed E-state index contributed by atoms with van der Waals surface area (Å²) < 4.78 is 4.60. The number of rotatable bonds is 5. The number of fused-ring (bicyclic) bond motifs is 2. The molecular formula is C29H28ClN7O2. The van der Waals surface area contributed by atoms with Gasteiger partial charge in [-0.15, -0.1) is 12.4 Å². The van der Waals surface area contributed by atoms with Crippen LogP contribution < -0.4 is 21.5 Å². The standard InChI is InChI=1S/C29H27N7O2.ClH/c1-33-25-23(17-30)27(34-15-13-31-14-16-34)35(18-20-7-3-2-4-8-20)26(25)28(37)36(29(33)38)19-24-22-10-6-5-9-21(22)11-12-32-24;/h2-12,31H,13-16,18-19H2,1H3;1H. The van der Waals surface area contributed by atoms with E-state index in [0.29, 0.717) is 47.7 Å². The van der Waals surface area contributed by atoms with E-state index in [2.05, 4.69) is 21.3 Å². The lowest BCUT2D eigenvalue weighted by molar-refractivity contribution is 0.576. The summed E-state index contributed by atoms with van der Waals surface area (Å²) in [7, 11) is 1.63. The Morgan fingerprint density at radius 1 is 0.923 bits per heavy atom. The van der Waals surface area contributed by atoms with Crippen LogP contribution in [0.5, 0.6) is 0 Å². The molecule has 4 heterocycles. The Labute approximate surface area is 230 Å². The molecule has 0 unspecified atom stereocenters. The minimum Gasteiger partial charge on any atom is -0.354 e. The van der Waals surface area contributed by atoms with Gasteiger partial charge >= 0.3 is 5.69 Å². The minimum atomic E-state index is -0.475. The molecule has 0 saturated carbocycles. The summed E-state index contributed by atoms with van der Waals surface area (Å²) >= 11 is 0. The van der Waals surface area contributed by atoms with Crippen LogP contribution in [-0.2, 0) is 20.1 Å². The molecule has 1 fully saturated rings. The number of nitriles is 1. The van der Waals surface area contributed by atoms with Crippen LogP contribution in [0, 0.1) is 11.3 Å². The van der Waals surface area contributed by atoms with Crippen LogP contribution in [0.2, 0.25) is 0 Å². The molecule has 0 bridgehead atoms. The van der Waals surface area contributed by atoms with Crippen LogP contribution in [0.3, 0.4) is 0 Å². The second-order valence-electron chi connectivity index (χ2n) is 9.53. The molecule has 198 valence electrons. The Bertz CT molecular complexity index is 1820. The summed E-state index contributed by atoms with van der Waals surface area (Å²) in [6.45, 7) is 3.37. The van der Waals surface area contributed by atoms with E-state index in [0.717, 1.165) is 29.4 Å². The van der Waals surface area contributed by atoms with Gasteiger partial charge in [-0.05, 0) is 17.0 Å². The van der Waals surface area contributed by atoms with Crippen LogP contribution in [-0.4, -0.2) is 44.9 Å². The lowest BCUT2D eigenvalue weighted by atomic mass is 10.1. The van der Waals surface area contributed by atoms with Gasteiger partial charge in [0.2, 0.25) is 0 Å². The quantitative estimate of drug-likeness (QED) is 0.367. The summed E-state index contributed by atoms with van der Waals surface area (Å²) in [6.07, 6.45) is 1.69. The first kappa shape index (κ1) is 26.2.